The number of nitrogens with two attached hydrogens (primary N) is 1. The normalized spacial score (nSPS) is 23.1. The molecule has 0 radical (unpaired) electrons. The molecule has 1 aliphatic rings. The molecule has 0 bridgehead atoms. The van der Waals surface area contributed by atoms with Crippen molar-refractivity contribution in [3.63, 3.8) is 0 Å². The molecule has 1 aromatic carbocycles. The predicted octanol–water partition coefficient (Wildman–Crippen LogP) is 3.21. The Kier molecular flexibility index (Phi) is 5.44. The maximum Gasteiger partial charge on any atom is 0.227 e. The molecule has 1 aliphatic carbocycles. The molecule has 4 heteroatoms. The minimum Gasteiger partial charge on any atom is -0.341 e. The smallest absolute Gasteiger partial charge is 0.227 e. The van der Waals surface area contributed by atoms with Gasteiger partial charge in [-0.2, -0.15) is 0 Å². The number of halogens is 1. The number of hydrogen-bond donors (Lipinski definition) is 1. The molecule has 2 atom stereocenters. The standard InChI is InChI=1S/C16H23ClN2O/c1-19(11-12-7-5-6-9-14(12)17)16(20)13-8-3-2-4-10-15(13)18/h5-7,9,13,15H,2-4,8,10-11,18H2,1H3. The number of hydrogen-bond acceptors (Lipinski definition) is 2. The van der Waals surface area contributed by atoms with Crippen molar-refractivity contribution >= 4 is 17.5 Å². The van der Waals surface area contributed by atoms with Gasteiger partial charge < -0.3 is 10.6 Å². The van der Waals surface area contributed by atoms with Gasteiger partial charge in [-0.25, -0.2) is 0 Å². The second-order valence-electron chi connectivity index (χ2n) is 5.69. The molecule has 3 nitrogen and oxygen atoms in total. The van der Waals surface area contributed by atoms with Crippen molar-refractivity contribution < 1.29 is 4.79 Å². The molecule has 2 unspecified atom stereocenters. The number of carbonyl (C=O) groups excluding carboxylic acids is 1. The minimum absolute atomic E-state index is 0.00121. The summed E-state index contributed by atoms with van der Waals surface area (Å²) >= 11 is 6.15. The molecule has 1 aromatic rings. The average molecular weight is 295 g/mol. The fraction of sp³-hybridized carbons (Fsp3) is 0.562. The summed E-state index contributed by atoms with van der Waals surface area (Å²) in [4.78, 5) is 14.3. The van der Waals surface area contributed by atoms with Crippen LogP contribution in [-0.4, -0.2) is 23.9 Å². The van der Waals surface area contributed by atoms with E-state index in [4.69, 9.17) is 17.3 Å². The fourth-order valence-electron chi connectivity index (χ4n) is 2.89. The molecular weight excluding hydrogens is 272 g/mol. The highest BCUT2D eigenvalue weighted by atomic mass is 35.5. The molecular formula is C16H23ClN2O. The number of rotatable bonds is 3. The van der Waals surface area contributed by atoms with Crippen LogP contribution in [0.2, 0.25) is 5.02 Å². The number of nitrogens with zero attached hydrogens (tertiary/aromatic N) is 1. The van der Waals surface area contributed by atoms with E-state index in [0.29, 0.717) is 11.6 Å². The van der Waals surface area contributed by atoms with E-state index in [9.17, 15) is 4.79 Å². The molecule has 0 heterocycles. The average Bonchev–Trinajstić information content (AvgIpc) is 2.65. The van der Waals surface area contributed by atoms with Gasteiger partial charge in [0.05, 0.1) is 5.92 Å². The van der Waals surface area contributed by atoms with E-state index in [2.05, 4.69) is 0 Å². The summed E-state index contributed by atoms with van der Waals surface area (Å²) in [6, 6.07) is 7.65. The van der Waals surface area contributed by atoms with Crippen LogP contribution in [0.4, 0.5) is 0 Å². The highest BCUT2D eigenvalue weighted by molar-refractivity contribution is 6.31. The molecule has 110 valence electrons. The number of carbonyl (C=O) groups is 1. The van der Waals surface area contributed by atoms with Gasteiger partial charge in [0.15, 0.2) is 0 Å². The van der Waals surface area contributed by atoms with Gasteiger partial charge in [0.1, 0.15) is 0 Å². The van der Waals surface area contributed by atoms with E-state index < -0.39 is 0 Å². The van der Waals surface area contributed by atoms with E-state index in [1.54, 1.807) is 4.90 Å². The Morgan fingerprint density at radius 3 is 2.75 bits per heavy atom. The van der Waals surface area contributed by atoms with Gasteiger partial charge in [0.25, 0.3) is 0 Å². The van der Waals surface area contributed by atoms with E-state index in [1.807, 2.05) is 31.3 Å². The van der Waals surface area contributed by atoms with Crippen LogP contribution < -0.4 is 5.73 Å². The quantitative estimate of drug-likeness (QED) is 0.870. The summed E-state index contributed by atoms with van der Waals surface area (Å²) in [6.07, 6.45) is 5.29. The van der Waals surface area contributed by atoms with Gasteiger partial charge in [-0.3, -0.25) is 4.79 Å². The summed E-state index contributed by atoms with van der Waals surface area (Å²) in [5.41, 5.74) is 7.15. The Labute approximate surface area is 126 Å². The van der Waals surface area contributed by atoms with Gasteiger partial charge in [0.2, 0.25) is 5.91 Å². The summed E-state index contributed by atoms with van der Waals surface area (Å²) in [6.45, 7) is 0.543. The SMILES string of the molecule is CN(Cc1ccccc1Cl)C(=O)C1CCCCCC1N. The van der Waals surface area contributed by atoms with Crippen LogP contribution in [0.5, 0.6) is 0 Å². The zero-order valence-corrected chi connectivity index (χ0v) is 12.8. The van der Waals surface area contributed by atoms with Crippen molar-refractivity contribution in [3.8, 4) is 0 Å². The molecule has 2 N–H and O–H groups in total. The molecule has 1 saturated carbocycles. The first-order valence-electron chi connectivity index (χ1n) is 7.33. The molecule has 1 fully saturated rings. The van der Waals surface area contributed by atoms with Crippen LogP contribution in [-0.2, 0) is 11.3 Å². The summed E-state index contributed by atoms with van der Waals surface area (Å²) < 4.78 is 0. The monoisotopic (exact) mass is 294 g/mol. The van der Waals surface area contributed by atoms with Crippen LogP contribution in [0.1, 0.15) is 37.7 Å². The van der Waals surface area contributed by atoms with Crippen LogP contribution in [0.3, 0.4) is 0 Å². The zero-order valence-electron chi connectivity index (χ0n) is 12.0. The largest absolute Gasteiger partial charge is 0.341 e. The lowest BCUT2D eigenvalue weighted by molar-refractivity contribution is -0.135. The van der Waals surface area contributed by atoms with E-state index in [1.165, 1.54) is 6.42 Å². The molecule has 0 saturated heterocycles. The Hall–Kier alpha value is -1.06. The van der Waals surface area contributed by atoms with Crippen LogP contribution in [0.25, 0.3) is 0 Å². The Balaban J connectivity index is 2.02. The van der Waals surface area contributed by atoms with Crippen molar-refractivity contribution in [2.24, 2.45) is 11.7 Å². The molecule has 1 amide bonds. The Morgan fingerprint density at radius 1 is 1.30 bits per heavy atom. The van der Waals surface area contributed by atoms with Gasteiger partial charge in [-0.15, -0.1) is 0 Å². The maximum absolute atomic E-state index is 12.6. The van der Waals surface area contributed by atoms with Crippen molar-refractivity contribution in [3.05, 3.63) is 34.9 Å². The molecule has 0 aromatic heterocycles. The predicted molar refractivity (Wildman–Crippen MR) is 82.5 cm³/mol. The maximum atomic E-state index is 12.6. The van der Waals surface area contributed by atoms with Gasteiger partial charge >= 0.3 is 0 Å². The first kappa shape index (κ1) is 15.3. The van der Waals surface area contributed by atoms with Crippen LogP contribution >= 0.6 is 11.6 Å². The highest BCUT2D eigenvalue weighted by Crippen LogP contribution is 2.25. The lowest BCUT2D eigenvalue weighted by Gasteiger charge is -2.26. The number of amides is 1. The third kappa shape index (κ3) is 3.74. The highest BCUT2D eigenvalue weighted by Gasteiger charge is 2.29. The molecule has 20 heavy (non-hydrogen) atoms. The third-order valence-electron chi connectivity index (χ3n) is 4.13. The van der Waals surface area contributed by atoms with Gasteiger partial charge in [-0.05, 0) is 24.5 Å². The van der Waals surface area contributed by atoms with E-state index in [0.717, 1.165) is 31.2 Å². The second kappa shape index (κ2) is 7.09. The van der Waals surface area contributed by atoms with Crippen LogP contribution in [0.15, 0.2) is 24.3 Å². The van der Waals surface area contributed by atoms with E-state index >= 15 is 0 Å². The van der Waals surface area contributed by atoms with Gasteiger partial charge in [0, 0.05) is 24.7 Å². The zero-order chi connectivity index (χ0) is 14.5. The van der Waals surface area contributed by atoms with E-state index in [-0.39, 0.29) is 17.9 Å². The molecule has 0 aliphatic heterocycles. The van der Waals surface area contributed by atoms with Crippen molar-refractivity contribution in [1.82, 2.24) is 4.90 Å². The van der Waals surface area contributed by atoms with Gasteiger partial charge in [-0.1, -0.05) is 49.1 Å². The van der Waals surface area contributed by atoms with Crippen molar-refractivity contribution in [2.45, 2.75) is 44.7 Å². The second-order valence-corrected chi connectivity index (χ2v) is 6.10. The molecule has 0 spiro atoms. The lowest BCUT2D eigenvalue weighted by Crippen LogP contribution is -2.42. The lowest BCUT2D eigenvalue weighted by atomic mass is 9.94. The Bertz CT molecular complexity index is 464. The number of benzene rings is 1. The van der Waals surface area contributed by atoms with Crippen molar-refractivity contribution in [1.29, 1.82) is 0 Å². The summed E-state index contributed by atoms with van der Waals surface area (Å²) in [7, 11) is 1.84. The minimum atomic E-state index is -0.0370. The summed E-state index contributed by atoms with van der Waals surface area (Å²) in [5.74, 6) is 0.115. The first-order chi connectivity index (χ1) is 9.59. The van der Waals surface area contributed by atoms with Crippen molar-refractivity contribution in [2.75, 3.05) is 7.05 Å². The topological polar surface area (TPSA) is 46.3 Å². The fourth-order valence-corrected chi connectivity index (χ4v) is 3.08. The van der Waals surface area contributed by atoms with Crippen LogP contribution in [0, 0.1) is 5.92 Å². The summed E-state index contributed by atoms with van der Waals surface area (Å²) in [5, 5.41) is 0.706. The third-order valence-corrected chi connectivity index (χ3v) is 4.50. The first-order valence-corrected chi connectivity index (χ1v) is 7.71. The molecule has 2 rings (SSSR count). The Morgan fingerprint density at radius 2 is 2.00 bits per heavy atom.